The van der Waals surface area contributed by atoms with E-state index in [-0.39, 0.29) is 0 Å². The monoisotopic (exact) mass is 610 g/mol. The molecule has 2 nitrogen and oxygen atoms in total. The number of aryl methyl sites for hydroxylation is 2. The summed E-state index contributed by atoms with van der Waals surface area (Å²) in [7, 11) is -1.43. The van der Waals surface area contributed by atoms with Crippen LogP contribution in [0.4, 0.5) is 0 Å². The van der Waals surface area contributed by atoms with Crippen LogP contribution in [-0.4, -0.2) is 17.2 Å². The van der Waals surface area contributed by atoms with Gasteiger partial charge in [0, 0.05) is 0 Å². The van der Waals surface area contributed by atoms with Crippen molar-refractivity contribution >= 4 is 12.6 Å². The normalized spacial score (nSPS) is 11.3. The zero-order valence-electron chi connectivity index (χ0n) is 28.9. The fourth-order valence-corrected chi connectivity index (χ4v) is 6.72. The van der Waals surface area contributed by atoms with Crippen molar-refractivity contribution in [2.75, 3.05) is 0 Å². The van der Waals surface area contributed by atoms with Gasteiger partial charge in [0.05, 0.1) is 0 Å². The third-order valence-electron chi connectivity index (χ3n) is 9.55. The summed E-state index contributed by atoms with van der Waals surface area (Å²) < 4.78 is 0. The van der Waals surface area contributed by atoms with Gasteiger partial charge in [0.1, 0.15) is 0 Å². The first-order valence-electron chi connectivity index (χ1n) is 18.8. The summed E-state index contributed by atoms with van der Waals surface area (Å²) >= 11 is 0. The third kappa shape index (κ3) is 14.3. The smallest absolute Gasteiger partial charge is 0.423 e. The van der Waals surface area contributed by atoms with Gasteiger partial charge in [0.25, 0.3) is 0 Å². The van der Waals surface area contributed by atoms with Crippen molar-refractivity contribution in [1.82, 2.24) is 0 Å². The van der Waals surface area contributed by atoms with Crippen LogP contribution in [0.2, 0.25) is 0 Å². The SMILES string of the molecule is CCCCCCCCCCCCc1cc(-c2ccc(-c3ccccc3)cc2)c(CCCCCCCCCCCC)cc1B(O)O. The Labute approximate surface area is 277 Å². The Morgan fingerprint density at radius 3 is 1.29 bits per heavy atom. The van der Waals surface area contributed by atoms with Crippen molar-refractivity contribution in [1.29, 1.82) is 0 Å². The van der Waals surface area contributed by atoms with E-state index in [0.717, 1.165) is 31.2 Å². The highest BCUT2D eigenvalue weighted by Crippen LogP contribution is 2.30. The van der Waals surface area contributed by atoms with Crippen LogP contribution in [0, 0.1) is 0 Å². The van der Waals surface area contributed by atoms with Crippen LogP contribution in [0.25, 0.3) is 22.3 Å². The molecule has 246 valence electrons. The van der Waals surface area contributed by atoms with Crippen molar-refractivity contribution in [3.05, 3.63) is 77.9 Å². The molecule has 2 N–H and O–H groups in total. The highest BCUT2D eigenvalue weighted by Gasteiger charge is 2.20. The third-order valence-corrected chi connectivity index (χ3v) is 9.55. The van der Waals surface area contributed by atoms with Gasteiger partial charge in [-0.25, -0.2) is 0 Å². The Kier molecular flexibility index (Phi) is 19.0. The Morgan fingerprint density at radius 2 is 0.822 bits per heavy atom. The molecule has 0 radical (unpaired) electrons. The van der Waals surface area contributed by atoms with E-state index in [1.165, 1.54) is 143 Å². The van der Waals surface area contributed by atoms with Crippen molar-refractivity contribution in [3.63, 3.8) is 0 Å². The quantitative estimate of drug-likeness (QED) is 0.0740. The Bertz CT molecular complexity index is 1160. The number of hydrogen-bond acceptors (Lipinski definition) is 2. The molecule has 0 fully saturated rings. The zero-order valence-corrected chi connectivity index (χ0v) is 28.9. The lowest BCUT2D eigenvalue weighted by atomic mass is 9.73. The van der Waals surface area contributed by atoms with Gasteiger partial charge in [0.15, 0.2) is 0 Å². The highest BCUT2D eigenvalue weighted by molar-refractivity contribution is 6.59. The van der Waals surface area contributed by atoms with Gasteiger partial charge in [-0.05, 0) is 64.5 Å². The lowest BCUT2D eigenvalue weighted by molar-refractivity contribution is 0.425. The molecule has 0 aliphatic rings. The summed E-state index contributed by atoms with van der Waals surface area (Å²) in [5.41, 5.74) is 7.99. The molecular formula is C42H63BO2. The zero-order chi connectivity index (χ0) is 32.0. The standard InChI is InChI=1S/C42H63BO2/c1-3-5-7-9-11-13-15-17-19-22-28-39-35-42(43(44)45)40(29-23-20-18-16-14-12-10-8-6-4-2)34-41(39)38-32-30-37(31-33-38)36-26-24-21-25-27-36/h21,24-27,30-35,44-45H,3-20,22-23,28-29H2,1-2H3. The van der Waals surface area contributed by atoms with E-state index < -0.39 is 7.12 Å². The van der Waals surface area contributed by atoms with E-state index >= 15 is 0 Å². The molecule has 0 amide bonds. The van der Waals surface area contributed by atoms with E-state index in [1.54, 1.807) is 0 Å². The van der Waals surface area contributed by atoms with Gasteiger partial charge in [-0.15, -0.1) is 0 Å². The second-order valence-corrected chi connectivity index (χ2v) is 13.4. The number of rotatable bonds is 25. The van der Waals surface area contributed by atoms with Crippen molar-refractivity contribution in [2.45, 2.75) is 155 Å². The van der Waals surface area contributed by atoms with Crippen molar-refractivity contribution in [2.24, 2.45) is 0 Å². The first kappa shape index (κ1) is 37.1. The summed E-state index contributed by atoms with van der Waals surface area (Å²) in [6, 6.07) is 23.9. The van der Waals surface area contributed by atoms with E-state index in [4.69, 9.17) is 0 Å². The van der Waals surface area contributed by atoms with Crippen LogP contribution < -0.4 is 5.46 Å². The summed E-state index contributed by atoms with van der Waals surface area (Å²) in [4.78, 5) is 0. The van der Waals surface area contributed by atoms with Crippen LogP contribution in [0.3, 0.4) is 0 Å². The van der Waals surface area contributed by atoms with E-state index in [1.807, 2.05) is 0 Å². The Hall–Kier alpha value is -2.36. The number of hydrogen-bond donors (Lipinski definition) is 2. The van der Waals surface area contributed by atoms with Gasteiger partial charge in [-0.1, -0.05) is 196 Å². The predicted octanol–water partition coefficient (Wildman–Crippen LogP) is 11.6. The molecule has 0 aromatic heterocycles. The molecule has 0 unspecified atom stereocenters. The lowest BCUT2D eigenvalue weighted by Gasteiger charge is -2.18. The average molecular weight is 611 g/mol. The molecule has 0 aliphatic heterocycles. The van der Waals surface area contributed by atoms with E-state index in [2.05, 4.69) is 80.6 Å². The molecule has 0 aliphatic carbocycles. The topological polar surface area (TPSA) is 40.5 Å². The maximum atomic E-state index is 10.4. The number of benzene rings is 3. The fourth-order valence-electron chi connectivity index (χ4n) is 6.72. The van der Waals surface area contributed by atoms with Gasteiger partial charge >= 0.3 is 7.12 Å². The van der Waals surface area contributed by atoms with Gasteiger partial charge in [-0.3, -0.25) is 0 Å². The van der Waals surface area contributed by atoms with Crippen LogP contribution in [0.15, 0.2) is 66.7 Å². The predicted molar refractivity (Wildman–Crippen MR) is 198 cm³/mol. The fraction of sp³-hybridized carbons (Fsp3) is 0.571. The minimum Gasteiger partial charge on any atom is -0.423 e. The molecule has 3 rings (SSSR count). The van der Waals surface area contributed by atoms with Crippen LogP contribution in [-0.2, 0) is 12.8 Å². The molecular weight excluding hydrogens is 547 g/mol. The molecule has 0 bridgehead atoms. The number of unbranched alkanes of at least 4 members (excludes halogenated alkanes) is 18. The van der Waals surface area contributed by atoms with E-state index in [0.29, 0.717) is 5.46 Å². The minimum atomic E-state index is -1.43. The molecule has 45 heavy (non-hydrogen) atoms. The van der Waals surface area contributed by atoms with Crippen LogP contribution in [0.1, 0.15) is 153 Å². The maximum absolute atomic E-state index is 10.4. The summed E-state index contributed by atoms with van der Waals surface area (Å²) in [5, 5.41) is 20.8. The first-order chi connectivity index (χ1) is 22.1. The molecule has 0 spiro atoms. The van der Waals surface area contributed by atoms with Gasteiger partial charge in [-0.2, -0.15) is 0 Å². The lowest BCUT2D eigenvalue weighted by Crippen LogP contribution is -2.33. The van der Waals surface area contributed by atoms with Crippen molar-refractivity contribution < 1.29 is 10.0 Å². The Balaban J connectivity index is 1.64. The van der Waals surface area contributed by atoms with Crippen LogP contribution >= 0.6 is 0 Å². The molecule has 0 atom stereocenters. The Morgan fingerprint density at radius 1 is 0.422 bits per heavy atom. The van der Waals surface area contributed by atoms with E-state index in [9.17, 15) is 10.0 Å². The average Bonchev–Trinajstić information content (AvgIpc) is 3.07. The second kappa shape index (κ2) is 23.0. The van der Waals surface area contributed by atoms with Gasteiger partial charge in [0.2, 0.25) is 0 Å². The van der Waals surface area contributed by atoms with Crippen molar-refractivity contribution in [3.8, 4) is 22.3 Å². The maximum Gasteiger partial charge on any atom is 0.488 e. The summed E-state index contributed by atoms with van der Waals surface area (Å²) in [5.74, 6) is 0. The second-order valence-electron chi connectivity index (χ2n) is 13.4. The summed E-state index contributed by atoms with van der Waals surface area (Å²) in [6.45, 7) is 4.56. The minimum absolute atomic E-state index is 0.706. The summed E-state index contributed by atoms with van der Waals surface area (Å²) in [6.07, 6.45) is 28.1. The van der Waals surface area contributed by atoms with Crippen LogP contribution in [0.5, 0.6) is 0 Å². The first-order valence-corrected chi connectivity index (χ1v) is 18.8. The molecule has 0 heterocycles. The van der Waals surface area contributed by atoms with Gasteiger partial charge < -0.3 is 10.0 Å². The molecule has 3 aromatic carbocycles. The molecule has 3 heteroatoms. The molecule has 0 saturated heterocycles. The highest BCUT2D eigenvalue weighted by atomic mass is 16.4. The molecule has 3 aromatic rings. The molecule has 0 saturated carbocycles. The largest absolute Gasteiger partial charge is 0.488 e.